The summed E-state index contributed by atoms with van der Waals surface area (Å²) in [5.74, 6) is 0.153. The lowest BCUT2D eigenvalue weighted by Crippen LogP contribution is -2.35. The number of aliphatic hydroxyl groups excluding tert-OH is 1. The van der Waals surface area contributed by atoms with E-state index in [4.69, 9.17) is 5.11 Å². The average molecular weight is 312 g/mol. The molecule has 0 aliphatic rings. The maximum atomic E-state index is 11.6. The minimum Gasteiger partial charge on any atom is -0.396 e. The molecule has 0 unspecified atom stereocenters. The Morgan fingerprint density at radius 2 is 1.68 bits per heavy atom. The zero-order valence-electron chi connectivity index (χ0n) is 14.5. The Balaban J connectivity index is 3.32. The third kappa shape index (κ3) is 15.5. The van der Waals surface area contributed by atoms with E-state index in [2.05, 4.69) is 23.8 Å². The predicted molar refractivity (Wildman–Crippen MR) is 93.7 cm³/mol. The molecule has 130 valence electrons. The van der Waals surface area contributed by atoms with Crippen molar-refractivity contribution in [2.75, 3.05) is 26.9 Å². The van der Waals surface area contributed by atoms with E-state index in [1.807, 2.05) is 6.08 Å². The summed E-state index contributed by atoms with van der Waals surface area (Å²) >= 11 is 0. The highest BCUT2D eigenvalue weighted by atomic mass is 16.2. The molecule has 0 heterocycles. The van der Waals surface area contributed by atoms with E-state index in [9.17, 15) is 4.79 Å². The normalized spacial score (nSPS) is 10.9. The first-order valence-electron chi connectivity index (χ1n) is 8.87. The van der Waals surface area contributed by atoms with Crippen molar-refractivity contribution in [3.63, 3.8) is 0 Å². The number of nitrogens with one attached hydrogen (secondary N) is 1. The van der Waals surface area contributed by atoms with Gasteiger partial charge in [-0.2, -0.15) is 0 Å². The van der Waals surface area contributed by atoms with Crippen LogP contribution in [-0.2, 0) is 4.79 Å². The van der Waals surface area contributed by atoms with Gasteiger partial charge in [0.1, 0.15) is 0 Å². The van der Waals surface area contributed by atoms with Crippen LogP contribution in [0.25, 0.3) is 0 Å². The van der Waals surface area contributed by atoms with Gasteiger partial charge in [0, 0.05) is 13.0 Å². The Bertz CT molecular complexity index is 270. The number of aliphatic hydroxyl groups is 1. The molecule has 0 rings (SSSR count). The highest BCUT2D eigenvalue weighted by Crippen LogP contribution is 2.07. The van der Waals surface area contributed by atoms with Crippen molar-refractivity contribution in [1.29, 1.82) is 0 Å². The van der Waals surface area contributed by atoms with Crippen LogP contribution in [0.5, 0.6) is 0 Å². The number of rotatable bonds is 16. The van der Waals surface area contributed by atoms with Crippen molar-refractivity contribution >= 4 is 5.91 Å². The van der Waals surface area contributed by atoms with Gasteiger partial charge in [-0.1, -0.05) is 38.2 Å². The van der Waals surface area contributed by atoms with Crippen LogP contribution in [0.3, 0.4) is 0 Å². The molecule has 0 atom stereocenters. The number of carbonyl (C=O) groups is 1. The van der Waals surface area contributed by atoms with Crippen molar-refractivity contribution in [3.8, 4) is 0 Å². The monoisotopic (exact) mass is 312 g/mol. The minimum atomic E-state index is 0.153. The summed E-state index contributed by atoms with van der Waals surface area (Å²) in [5, 5.41) is 11.7. The van der Waals surface area contributed by atoms with Crippen molar-refractivity contribution in [1.82, 2.24) is 10.2 Å². The summed E-state index contributed by atoms with van der Waals surface area (Å²) in [6.07, 6.45) is 13.8. The molecule has 0 bridgehead atoms. The van der Waals surface area contributed by atoms with Crippen LogP contribution in [0.1, 0.15) is 70.6 Å². The highest BCUT2D eigenvalue weighted by molar-refractivity contribution is 5.75. The van der Waals surface area contributed by atoms with Crippen LogP contribution in [0.4, 0.5) is 0 Å². The van der Waals surface area contributed by atoms with E-state index >= 15 is 0 Å². The summed E-state index contributed by atoms with van der Waals surface area (Å²) in [4.78, 5) is 13.8. The molecule has 0 saturated carbocycles. The Hall–Kier alpha value is -0.870. The molecular formula is C18H36N2O2. The number of carbonyl (C=O) groups excluding carboxylic acids is 1. The largest absolute Gasteiger partial charge is 0.396 e. The van der Waals surface area contributed by atoms with Crippen LogP contribution < -0.4 is 5.32 Å². The quantitative estimate of drug-likeness (QED) is 0.261. The van der Waals surface area contributed by atoms with Crippen LogP contribution in [0.15, 0.2) is 12.7 Å². The van der Waals surface area contributed by atoms with Gasteiger partial charge in [0.05, 0.1) is 6.67 Å². The Kier molecular flexibility index (Phi) is 15.8. The summed E-state index contributed by atoms with van der Waals surface area (Å²) in [5.41, 5.74) is 0. The first-order chi connectivity index (χ1) is 10.7. The molecule has 0 saturated heterocycles. The van der Waals surface area contributed by atoms with E-state index in [0.29, 0.717) is 19.7 Å². The van der Waals surface area contributed by atoms with Gasteiger partial charge >= 0.3 is 0 Å². The first-order valence-corrected chi connectivity index (χ1v) is 8.87. The number of unbranched alkanes of at least 4 members (excludes halogenated alkanes) is 8. The maximum Gasteiger partial charge on any atom is 0.220 e. The number of nitrogens with zero attached hydrogens (tertiary/aromatic N) is 1. The number of hydrogen-bond acceptors (Lipinski definition) is 3. The zero-order chi connectivity index (χ0) is 16.5. The van der Waals surface area contributed by atoms with Crippen molar-refractivity contribution < 1.29 is 9.90 Å². The molecule has 0 radical (unpaired) electrons. The molecule has 4 heteroatoms. The van der Waals surface area contributed by atoms with Crippen LogP contribution in [0.2, 0.25) is 0 Å². The van der Waals surface area contributed by atoms with Crippen molar-refractivity contribution in [2.24, 2.45) is 0 Å². The van der Waals surface area contributed by atoms with Gasteiger partial charge in [0.2, 0.25) is 5.91 Å². The number of hydrogen-bond donors (Lipinski definition) is 2. The second-order valence-corrected chi connectivity index (χ2v) is 6.07. The topological polar surface area (TPSA) is 52.6 Å². The van der Waals surface area contributed by atoms with Gasteiger partial charge in [-0.15, -0.1) is 6.58 Å². The van der Waals surface area contributed by atoms with Gasteiger partial charge in [0.15, 0.2) is 0 Å². The Morgan fingerprint density at radius 3 is 2.32 bits per heavy atom. The molecule has 4 nitrogen and oxygen atoms in total. The lowest BCUT2D eigenvalue weighted by Gasteiger charge is -2.17. The van der Waals surface area contributed by atoms with E-state index in [1.54, 1.807) is 0 Å². The standard InChI is InChI=1S/C18H36N2O2/c1-3-4-5-11-14-18(22)19-17-20(2)15-12-9-7-6-8-10-13-16-21/h3,21H,1,4-17H2,2H3,(H,19,22). The van der Waals surface area contributed by atoms with Crippen molar-refractivity contribution in [2.45, 2.75) is 70.6 Å². The predicted octanol–water partition coefficient (Wildman–Crippen LogP) is 3.46. The van der Waals surface area contributed by atoms with E-state index in [-0.39, 0.29) is 5.91 Å². The van der Waals surface area contributed by atoms with Gasteiger partial charge in [-0.3, -0.25) is 9.69 Å². The van der Waals surface area contributed by atoms with Crippen LogP contribution in [0, 0.1) is 0 Å². The number of allylic oxidation sites excluding steroid dienone is 1. The summed E-state index contributed by atoms with van der Waals surface area (Å²) in [7, 11) is 2.05. The molecule has 0 aromatic carbocycles. The lowest BCUT2D eigenvalue weighted by atomic mass is 10.1. The second-order valence-electron chi connectivity index (χ2n) is 6.07. The minimum absolute atomic E-state index is 0.153. The summed E-state index contributed by atoms with van der Waals surface area (Å²) < 4.78 is 0. The van der Waals surface area contributed by atoms with Crippen LogP contribution >= 0.6 is 0 Å². The Labute approximate surface area is 137 Å². The van der Waals surface area contributed by atoms with E-state index in [0.717, 1.165) is 38.6 Å². The molecule has 0 aliphatic carbocycles. The lowest BCUT2D eigenvalue weighted by molar-refractivity contribution is -0.121. The summed E-state index contributed by atoms with van der Waals surface area (Å²) in [6, 6.07) is 0. The molecule has 0 aliphatic heterocycles. The smallest absolute Gasteiger partial charge is 0.220 e. The van der Waals surface area contributed by atoms with E-state index < -0.39 is 0 Å². The fraction of sp³-hybridized carbons (Fsp3) is 0.833. The van der Waals surface area contributed by atoms with Crippen molar-refractivity contribution in [3.05, 3.63) is 12.7 Å². The fourth-order valence-corrected chi connectivity index (χ4v) is 2.34. The fourth-order valence-electron chi connectivity index (χ4n) is 2.34. The third-order valence-corrected chi connectivity index (χ3v) is 3.81. The molecular weight excluding hydrogens is 276 g/mol. The zero-order valence-corrected chi connectivity index (χ0v) is 14.5. The van der Waals surface area contributed by atoms with Gasteiger partial charge < -0.3 is 10.4 Å². The maximum absolute atomic E-state index is 11.6. The van der Waals surface area contributed by atoms with Gasteiger partial charge in [0.25, 0.3) is 0 Å². The third-order valence-electron chi connectivity index (χ3n) is 3.81. The Morgan fingerprint density at radius 1 is 1.05 bits per heavy atom. The molecule has 22 heavy (non-hydrogen) atoms. The average Bonchev–Trinajstić information content (AvgIpc) is 2.52. The molecule has 0 aromatic heterocycles. The molecule has 2 N–H and O–H groups in total. The van der Waals surface area contributed by atoms with E-state index in [1.165, 1.54) is 32.1 Å². The van der Waals surface area contributed by atoms with Gasteiger partial charge in [-0.25, -0.2) is 0 Å². The molecule has 0 spiro atoms. The SMILES string of the molecule is C=CCCCCC(=O)NCN(C)CCCCCCCCCO. The molecule has 0 fully saturated rings. The number of amides is 1. The first kappa shape index (κ1) is 21.1. The van der Waals surface area contributed by atoms with Gasteiger partial charge in [-0.05, 0) is 45.7 Å². The molecule has 0 aromatic rings. The van der Waals surface area contributed by atoms with Crippen LogP contribution in [-0.4, -0.2) is 42.8 Å². The highest BCUT2D eigenvalue weighted by Gasteiger charge is 2.03. The second kappa shape index (κ2) is 16.5. The molecule has 1 amide bonds. The summed E-state index contributed by atoms with van der Waals surface area (Å²) in [6.45, 7) is 5.69.